The first-order valence-corrected chi connectivity index (χ1v) is 5.90. The van der Waals surface area contributed by atoms with Gasteiger partial charge >= 0.3 is 0 Å². The average molecular weight is 230 g/mol. The summed E-state index contributed by atoms with van der Waals surface area (Å²) in [5, 5.41) is 0. The van der Waals surface area contributed by atoms with Gasteiger partial charge in [0.1, 0.15) is 11.6 Å². The lowest BCUT2D eigenvalue weighted by atomic mass is 9.95. The van der Waals surface area contributed by atoms with Crippen molar-refractivity contribution < 1.29 is 9.53 Å². The van der Waals surface area contributed by atoms with Crippen molar-refractivity contribution in [2.75, 3.05) is 0 Å². The Morgan fingerprint density at radius 1 is 1.35 bits per heavy atom. The van der Waals surface area contributed by atoms with Gasteiger partial charge in [-0.25, -0.2) is 0 Å². The van der Waals surface area contributed by atoms with Crippen LogP contribution in [-0.2, 0) is 11.2 Å². The zero-order valence-electron chi connectivity index (χ0n) is 9.48. The van der Waals surface area contributed by atoms with Gasteiger partial charge in [-0.1, -0.05) is 12.1 Å². The Labute approximate surface area is 99.5 Å². The molecular weight excluding hydrogens is 216 g/mol. The zero-order valence-corrected chi connectivity index (χ0v) is 9.48. The molecule has 0 saturated heterocycles. The van der Waals surface area contributed by atoms with Gasteiger partial charge in [-0.15, -0.1) is 0 Å². The molecule has 1 aliphatic heterocycles. The number of carbonyl (C=O) groups excluding carboxylic acids is 1. The minimum Gasteiger partial charge on any atom is -0.490 e. The molecule has 1 aliphatic carbocycles. The fourth-order valence-corrected chi connectivity index (χ4v) is 2.17. The average Bonchev–Trinajstić information content (AvgIpc) is 2.22. The Morgan fingerprint density at radius 2 is 2.18 bits per heavy atom. The highest BCUT2D eigenvalue weighted by molar-refractivity contribution is 6.10. The summed E-state index contributed by atoms with van der Waals surface area (Å²) in [6.45, 7) is 0. The molecule has 0 unspecified atom stereocenters. The van der Waals surface area contributed by atoms with E-state index < -0.39 is 0 Å². The molecule has 0 radical (unpaired) electrons. The molecule has 0 bridgehead atoms. The van der Waals surface area contributed by atoms with Gasteiger partial charge in [-0.05, 0) is 30.9 Å². The summed E-state index contributed by atoms with van der Waals surface area (Å²) in [6, 6.07) is 5.70. The second-order valence-electron chi connectivity index (χ2n) is 4.53. The number of hydrogen-bond donors (Lipinski definition) is 1. The molecule has 88 valence electrons. The van der Waals surface area contributed by atoms with Crippen molar-refractivity contribution in [2.24, 2.45) is 10.7 Å². The molecule has 1 heterocycles. The Kier molecular flexibility index (Phi) is 2.35. The van der Waals surface area contributed by atoms with Gasteiger partial charge in [0.2, 0.25) is 0 Å². The summed E-state index contributed by atoms with van der Waals surface area (Å²) in [5.41, 5.74) is 7.54. The van der Waals surface area contributed by atoms with E-state index in [4.69, 9.17) is 10.5 Å². The van der Waals surface area contributed by atoms with Crippen molar-refractivity contribution in [3.8, 4) is 5.75 Å². The molecule has 0 aromatic heterocycles. The van der Waals surface area contributed by atoms with Crippen molar-refractivity contribution in [1.82, 2.24) is 0 Å². The number of carbonyl (C=O) groups is 1. The van der Waals surface area contributed by atoms with E-state index in [1.807, 2.05) is 18.2 Å². The first-order chi connectivity index (χ1) is 8.24. The molecule has 1 fully saturated rings. The van der Waals surface area contributed by atoms with E-state index in [0.29, 0.717) is 12.5 Å². The van der Waals surface area contributed by atoms with Crippen LogP contribution in [0.25, 0.3) is 0 Å². The van der Waals surface area contributed by atoms with Crippen molar-refractivity contribution >= 4 is 11.7 Å². The molecule has 3 rings (SSSR count). The Morgan fingerprint density at radius 3 is 2.88 bits per heavy atom. The van der Waals surface area contributed by atoms with Crippen LogP contribution in [0.15, 0.2) is 23.2 Å². The first-order valence-electron chi connectivity index (χ1n) is 5.90. The summed E-state index contributed by atoms with van der Waals surface area (Å²) in [4.78, 5) is 15.1. The molecule has 0 atom stereocenters. The van der Waals surface area contributed by atoms with Crippen molar-refractivity contribution in [2.45, 2.75) is 31.8 Å². The van der Waals surface area contributed by atoms with Crippen LogP contribution >= 0.6 is 0 Å². The van der Waals surface area contributed by atoms with Crippen LogP contribution < -0.4 is 10.5 Å². The van der Waals surface area contributed by atoms with Crippen LogP contribution in [0.4, 0.5) is 0 Å². The topological polar surface area (TPSA) is 64.7 Å². The van der Waals surface area contributed by atoms with Gasteiger partial charge in [-0.3, -0.25) is 4.79 Å². The van der Waals surface area contributed by atoms with Gasteiger partial charge < -0.3 is 10.5 Å². The van der Waals surface area contributed by atoms with Gasteiger partial charge in [-0.2, -0.15) is 4.99 Å². The predicted molar refractivity (Wildman–Crippen MR) is 64.1 cm³/mol. The highest BCUT2D eigenvalue weighted by atomic mass is 16.5. The monoisotopic (exact) mass is 230 g/mol. The van der Waals surface area contributed by atoms with Crippen molar-refractivity contribution in [1.29, 1.82) is 0 Å². The predicted octanol–water partition coefficient (Wildman–Crippen LogP) is 1.41. The smallest absolute Gasteiger partial charge is 0.252 e. The van der Waals surface area contributed by atoms with E-state index in [2.05, 4.69) is 4.99 Å². The number of nitrogens with two attached hydrogens (primary N) is 1. The SMILES string of the molecule is NC1=NC(=O)Cc2cccc(OC3CCC3)c21. The fraction of sp³-hybridized carbons (Fsp3) is 0.385. The van der Waals surface area contributed by atoms with E-state index in [9.17, 15) is 4.79 Å². The number of aliphatic imine (C=N–C) groups is 1. The lowest BCUT2D eigenvalue weighted by Crippen LogP contribution is -2.29. The minimum atomic E-state index is -0.184. The van der Waals surface area contributed by atoms with Crippen molar-refractivity contribution in [3.63, 3.8) is 0 Å². The molecule has 1 aromatic carbocycles. The van der Waals surface area contributed by atoms with Gasteiger partial charge in [0.15, 0.2) is 0 Å². The standard InChI is InChI=1S/C13H14N2O2/c14-13-12-8(7-11(16)15-13)3-1-6-10(12)17-9-4-2-5-9/h1,3,6,9H,2,4-5,7H2,(H2,14,15,16). The van der Waals surface area contributed by atoms with Crippen LogP contribution in [0, 0.1) is 0 Å². The third-order valence-electron chi connectivity index (χ3n) is 3.30. The van der Waals surface area contributed by atoms with E-state index in [0.717, 1.165) is 29.7 Å². The third-order valence-corrected chi connectivity index (χ3v) is 3.30. The highest BCUT2D eigenvalue weighted by Gasteiger charge is 2.25. The Balaban J connectivity index is 1.98. The fourth-order valence-electron chi connectivity index (χ4n) is 2.17. The molecule has 0 spiro atoms. The maximum atomic E-state index is 11.3. The third kappa shape index (κ3) is 1.79. The number of nitrogens with zero attached hydrogens (tertiary/aromatic N) is 1. The van der Waals surface area contributed by atoms with Gasteiger partial charge in [0, 0.05) is 0 Å². The van der Waals surface area contributed by atoms with Crippen LogP contribution in [0.3, 0.4) is 0 Å². The Bertz CT molecular complexity index is 504. The molecule has 4 heteroatoms. The van der Waals surface area contributed by atoms with Crippen LogP contribution in [0.1, 0.15) is 30.4 Å². The lowest BCUT2D eigenvalue weighted by Gasteiger charge is -2.28. The molecule has 1 saturated carbocycles. The number of hydrogen-bond acceptors (Lipinski definition) is 3. The van der Waals surface area contributed by atoms with Gasteiger partial charge in [0.25, 0.3) is 5.91 Å². The van der Waals surface area contributed by atoms with Crippen LogP contribution in [0.2, 0.25) is 0 Å². The van der Waals surface area contributed by atoms with E-state index in [-0.39, 0.29) is 11.7 Å². The van der Waals surface area contributed by atoms with Crippen LogP contribution in [0.5, 0.6) is 5.75 Å². The Hall–Kier alpha value is -1.84. The van der Waals surface area contributed by atoms with Gasteiger partial charge in [0.05, 0.1) is 18.1 Å². The summed E-state index contributed by atoms with van der Waals surface area (Å²) in [5.74, 6) is 0.864. The van der Waals surface area contributed by atoms with E-state index in [1.165, 1.54) is 6.42 Å². The molecule has 2 N–H and O–H groups in total. The van der Waals surface area contributed by atoms with E-state index in [1.54, 1.807) is 0 Å². The summed E-state index contributed by atoms with van der Waals surface area (Å²) < 4.78 is 5.88. The normalized spacial score (nSPS) is 19.3. The second kappa shape index (κ2) is 3.87. The molecule has 4 nitrogen and oxygen atoms in total. The molecule has 17 heavy (non-hydrogen) atoms. The molecule has 2 aliphatic rings. The number of ether oxygens (including phenoxy) is 1. The number of amidine groups is 1. The number of benzene rings is 1. The first kappa shape index (κ1) is 10.3. The number of amides is 1. The zero-order chi connectivity index (χ0) is 11.8. The summed E-state index contributed by atoms with van der Waals surface area (Å²) in [7, 11) is 0. The molecular formula is C13H14N2O2. The minimum absolute atomic E-state index is 0.184. The lowest BCUT2D eigenvalue weighted by molar-refractivity contribution is -0.117. The second-order valence-corrected chi connectivity index (χ2v) is 4.53. The maximum absolute atomic E-state index is 11.3. The number of rotatable bonds is 2. The number of fused-ring (bicyclic) bond motifs is 1. The molecule has 1 amide bonds. The summed E-state index contributed by atoms with van der Waals surface area (Å²) in [6.07, 6.45) is 4.03. The quantitative estimate of drug-likeness (QED) is 0.835. The van der Waals surface area contributed by atoms with Crippen molar-refractivity contribution in [3.05, 3.63) is 29.3 Å². The highest BCUT2D eigenvalue weighted by Crippen LogP contribution is 2.30. The maximum Gasteiger partial charge on any atom is 0.252 e. The molecule has 1 aromatic rings. The summed E-state index contributed by atoms with van der Waals surface area (Å²) >= 11 is 0. The largest absolute Gasteiger partial charge is 0.490 e. The van der Waals surface area contributed by atoms with E-state index >= 15 is 0 Å². The van der Waals surface area contributed by atoms with Crippen LogP contribution in [-0.4, -0.2) is 17.8 Å².